The predicted molar refractivity (Wildman–Crippen MR) is 259 cm³/mol. The molecule has 0 saturated carbocycles. The first kappa shape index (κ1) is 35.6. The minimum absolute atomic E-state index is 0.653. The van der Waals surface area contributed by atoms with Crippen molar-refractivity contribution >= 4 is 71.1 Å². The molecule has 0 aliphatic heterocycles. The quantitative estimate of drug-likeness (QED) is 0.157. The molecule has 0 amide bonds. The van der Waals surface area contributed by atoms with Crippen LogP contribution in [0.4, 0.5) is 0 Å². The normalized spacial score (nSPS) is 13.0. The van der Waals surface area contributed by atoms with Crippen LogP contribution in [0.2, 0.25) is 0 Å². The van der Waals surface area contributed by atoms with Crippen LogP contribution in [0.1, 0.15) is 34.6 Å². The number of hydrogen-bond donors (Lipinski definition) is 0. The van der Waals surface area contributed by atoms with Crippen LogP contribution < -0.4 is 0 Å². The smallest absolute Gasteiger partial charge is 0.164 e. The van der Waals surface area contributed by atoms with Crippen molar-refractivity contribution in [3.8, 4) is 51.0 Å². The number of para-hydroxylation sites is 2. The van der Waals surface area contributed by atoms with Gasteiger partial charge >= 0.3 is 0 Å². The number of rotatable bonds is 6. The lowest BCUT2D eigenvalue weighted by Crippen LogP contribution is -2.06. The van der Waals surface area contributed by atoms with E-state index in [4.69, 9.17) is 19.4 Å². The SMILES string of the molecule is C1=C=C(c2ccccc2-n2c3c(c4cc(-c5ccc6sc7cccc(-c8nc(-c9ccccc9)nc(-c9ccccc9)n8)c7c6c5)ccc42)C=CCC3)c2oc3ccccc3c2C=1. The van der Waals surface area contributed by atoms with E-state index in [-0.39, 0.29) is 0 Å². The lowest BCUT2D eigenvalue weighted by molar-refractivity contribution is 0.599. The van der Waals surface area contributed by atoms with Gasteiger partial charge < -0.3 is 8.98 Å². The molecule has 294 valence electrons. The largest absolute Gasteiger partial charge is 0.455 e. The monoisotopic (exact) mass is 822 g/mol. The summed E-state index contributed by atoms with van der Waals surface area (Å²) < 4.78 is 11.4. The van der Waals surface area contributed by atoms with Crippen molar-refractivity contribution in [3.05, 3.63) is 209 Å². The Morgan fingerprint density at radius 3 is 2.08 bits per heavy atom. The van der Waals surface area contributed by atoms with Crippen molar-refractivity contribution in [2.24, 2.45) is 0 Å². The predicted octanol–water partition coefficient (Wildman–Crippen LogP) is 14.8. The summed E-state index contributed by atoms with van der Waals surface area (Å²) in [6.45, 7) is 0. The molecular formula is C57H34N4OS. The van der Waals surface area contributed by atoms with Crippen LogP contribution in [0.5, 0.6) is 0 Å². The van der Waals surface area contributed by atoms with Gasteiger partial charge in [0, 0.05) is 76.1 Å². The average Bonchev–Trinajstić information content (AvgIpc) is 4.04. The Hall–Kier alpha value is -8.11. The third-order valence-corrected chi connectivity index (χ3v) is 13.5. The fourth-order valence-electron chi connectivity index (χ4n) is 9.50. The zero-order chi connectivity index (χ0) is 41.4. The van der Waals surface area contributed by atoms with Crippen molar-refractivity contribution in [2.75, 3.05) is 0 Å². The number of hydrogen-bond acceptors (Lipinski definition) is 5. The number of furan rings is 1. The maximum absolute atomic E-state index is 6.53. The van der Waals surface area contributed by atoms with Crippen LogP contribution in [-0.2, 0) is 6.42 Å². The van der Waals surface area contributed by atoms with Crippen LogP contribution in [0.25, 0.3) is 111 Å². The van der Waals surface area contributed by atoms with Gasteiger partial charge in [0.25, 0.3) is 0 Å². The van der Waals surface area contributed by atoms with Gasteiger partial charge in [-0.15, -0.1) is 11.3 Å². The first-order chi connectivity index (χ1) is 31.2. The van der Waals surface area contributed by atoms with E-state index in [1.165, 1.54) is 42.5 Å². The number of aromatic nitrogens is 4. The minimum Gasteiger partial charge on any atom is -0.455 e. The molecule has 0 atom stereocenters. The Labute approximate surface area is 366 Å². The molecule has 11 aromatic rings. The highest BCUT2D eigenvalue weighted by atomic mass is 32.1. The second-order valence-electron chi connectivity index (χ2n) is 16.0. The van der Waals surface area contributed by atoms with Crippen molar-refractivity contribution < 1.29 is 4.42 Å². The molecule has 4 heterocycles. The van der Waals surface area contributed by atoms with Gasteiger partial charge in [-0.05, 0) is 66.4 Å². The Kier molecular flexibility index (Phi) is 8.05. The highest BCUT2D eigenvalue weighted by Gasteiger charge is 2.26. The van der Waals surface area contributed by atoms with Crippen molar-refractivity contribution in [1.29, 1.82) is 0 Å². The summed E-state index contributed by atoms with van der Waals surface area (Å²) in [6.07, 6.45) is 8.54. The van der Waals surface area contributed by atoms with E-state index in [0.29, 0.717) is 17.5 Å². The number of allylic oxidation sites excluding steroid dienone is 1. The van der Waals surface area contributed by atoms with Crippen LogP contribution in [0.3, 0.4) is 0 Å². The van der Waals surface area contributed by atoms with E-state index in [9.17, 15) is 0 Å². The lowest BCUT2D eigenvalue weighted by atomic mass is 9.96. The van der Waals surface area contributed by atoms with Gasteiger partial charge in [-0.25, -0.2) is 15.0 Å². The van der Waals surface area contributed by atoms with Crippen LogP contribution in [0, 0.1) is 0 Å². The van der Waals surface area contributed by atoms with Gasteiger partial charge in [0.15, 0.2) is 23.2 Å². The summed E-state index contributed by atoms with van der Waals surface area (Å²) in [4.78, 5) is 15.2. The van der Waals surface area contributed by atoms with E-state index >= 15 is 0 Å². The highest BCUT2D eigenvalue weighted by molar-refractivity contribution is 7.26. The van der Waals surface area contributed by atoms with E-state index in [1.807, 2.05) is 54.6 Å². The zero-order valence-electron chi connectivity index (χ0n) is 33.8. The Balaban J connectivity index is 0.958. The average molecular weight is 823 g/mol. The van der Waals surface area contributed by atoms with Crippen molar-refractivity contribution in [2.45, 2.75) is 12.8 Å². The summed E-state index contributed by atoms with van der Waals surface area (Å²) in [7, 11) is 0. The molecule has 63 heavy (non-hydrogen) atoms. The molecule has 0 saturated heterocycles. The number of fused-ring (bicyclic) bond motifs is 9. The lowest BCUT2D eigenvalue weighted by Gasteiger charge is -2.18. The third-order valence-electron chi connectivity index (χ3n) is 12.4. The summed E-state index contributed by atoms with van der Waals surface area (Å²) in [6, 6.07) is 57.5. The minimum atomic E-state index is 0.653. The molecule has 5 nitrogen and oxygen atoms in total. The third kappa shape index (κ3) is 5.75. The van der Waals surface area contributed by atoms with Gasteiger partial charge in [-0.2, -0.15) is 0 Å². The summed E-state index contributed by atoms with van der Waals surface area (Å²) in [5, 5.41) is 4.66. The molecule has 0 unspecified atom stereocenters. The van der Waals surface area contributed by atoms with E-state index in [1.54, 1.807) is 11.3 Å². The molecule has 4 aromatic heterocycles. The van der Waals surface area contributed by atoms with E-state index in [2.05, 4.69) is 143 Å². The molecule has 0 radical (unpaired) electrons. The molecule has 0 N–H and O–H groups in total. The molecule has 6 heteroatoms. The maximum atomic E-state index is 6.53. The Morgan fingerprint density at radius 1 is 0.556 bits per heavy atom. The molecule has 2 aliphatic rings. The molecule has 0 bridgehead atoms. The fraction of sp³-hybridized carbons (Fsp3) is 0.0351. The van der Waals surface area contributed by atoms with Gasteiger partial charge in [0.05, 0.1) is 16.8 Å². The first-order valence-electron chi connectivity index (χ1n) is 21.2. The first-order valence-corrected chi connectivity index (χ1v) is 22.1. The maximum Gasteiger partial charge on any atom is 0.164 e. The summed E-state index contributed by atoms with van der Waals surface area (Å²) in [5.74, 6) is 2.80. The molecule has 13 rings (SSSR count). The van der Waals surface area contributed by atoms with Crippen molar-refractivity contribution in [1.82, 2.24) is 19.5 Å². The number of thiophene rings is 1. The summed E-state index contributed by atoms with van der Waals surface area (Å²) >= 11 is 1.80. The molecule has 2 aliphatic carbocycles. The van der Waals surface area contributed by atoms with Crippen LogP contribution in [0.15, 0.2) is 186 Å². The second kappa shape index (κ2) is 14.2. The number of nitrogens with zero attached hydrogens (tertiary/aromatic N) is 4. The molecule has 0 fully saturated rings. The zero-order valence-corrected chi connectivity index (χ0v) is 34.7. The summed E-state index contributed by atoms with van der Waals surface area (Å²) in [5.41, 5.74) is 20.7. The Bertz CT molecular complexity index is 3760. The Morgan fingerprint density at radius 2 is 1.25 bits per heavy atom. The van der Waals surface area contributed by atoms with Crippen molar-refractivity contribution in [3.63, 3.8) is 0 Å². The molecule has 0 spiro atoms. The van der Waals surface area contributed by atoms with E-state index in [0.717, 1.165) is 79.6 Å². The van der Waals surface area contributed by atoms with Crippen LogP contribution >= 0.6 is 11.3 Å². The highest BCUT2D eigenvalue weighted by Crippen LogP contribution is 2.44. The standard InChI is InChI=1S/C57H34N4OS/c1-3-15-35(16-4-1)55-58-56(36-17-5-2-6-18-36)60-57(59-55)44-24-14-28-52-53(44)46-34-38(30-32-51(46)63-52)37-29-31-49-45(33-37)40-20-8-11-26-48(40)61(49)47-25-10-7-19-39(47)42-22-13-23-43-41-21-9-12-27-50(41)62-54(42)43/h1-10,12,14-21,23-25,27-34H,11,26H2. The second-order valence-corrected chi connectivity index (χ2v) is 17.1. The molecule has 7 aromatic carbocycles. The molecular weight excluding hydrogens is 789 g/mol. The van der Waals surface area contributed by atoms with Gasteiger partial charge in [-0.1, -0.05) is 145 Å². The van der Waals surface area contributed by atoms with Gasteiger partial charge in [0.2, 0.25) is 0 Å². The van der Waals surface area contributed by atoms with E-state index < -0.39 is 0 Å². The van der Waals surface area contributed by atoms with Crippen LogP contribution in [-0.4, -0.2) is 19.5 Å². The van der Waals surface area contributed by atoms with Gasteiger partial charge in [-0.3, -0.25) is 0 Å². The van der Waals surface area contributed by atoms with Gasteiger partial charge in [0.1, 0.15) is 5.58 Å². The number of benzene rings is 7. The fourth-order valence-corrected chi connectivity index (χ4v) is 10.6. The topological polar surface area (TPSA) is 56.7 Å².